The lowest BCUT2D eigenvalue weighted by Crippen LogP contribution is -2.14. The van der Waals surface area contributed by atoms with Crippen LogP contribution in [0.3, 0.4) is 0 Å². The molecule has 124 valence electrons. The van der Waals surface area contributed by atoms with E-state index in [1.165, 1.54) is 0 Å². The van der Waals surface area contributed by atoms with Gasteiger partial charge >= 0.3 is 5.97 Å². The minimum Gasteiger partial charge on any atom is -0.426 e. The Bertz CT molecular complexity index is 694. The Kier molecular flexibility index (Phi) is 5.24. The number of aromatic nitrogens is 2. The predicted octanol–water partition coefficient (Wildman–Crippen LogP) is 3.92. The standard InChI is InChI=1S/C19H26N2O2/c1-12(2)11-21-16(6)17(15(5)20-21)10-18(22)23-19-13(3)8-7-9-14(19)4/h7-9,12H,10-11H2,1-6H3. The van der Waals surface area contributed by atoms with E-state index in [0.29, 0.717) is 11.7 Å². The lowest BCUT2D eigenvalue weighted by Gasteiger charge is -2.11. The Morgan fingerprint density at radius 3 is 2.35 bits per heavy atom. The Hall–Kier alpha value is -2.10. The molecule has 0 bridgehead atoms. The Morgan fingerprint density at radius 2 is 1.78 bits per heavy atom. The van der Waals surface area contributed by atoms with E-state index in [1.807, 2.05) is 50.6 Å². The first kappa shape index (κ1) is 17.3. The molecule has 0 saturated heterocycles. The summed E-state index contributed by atoms with van der Waals surface area (Å²) >= 11 is 0. The highest BCUT2D eigenvalue weighted by molar-refractivity contribution is 5.76. The average molecular weight is 314 g/mol. The van der Waals surface area contributed by atoms with Crippen molar-refractivity contribution in [2.75, 3.05) is 0 Å². The highest BCUT2D eigenvalue weighted by Crippen LogP contribution is 2.23. The van der Waals surface area contributed by atoms with Crippen molar-refractivity contribution in [3.63, 3.8) is 0 Å². The molecule has 2 rings (SSSR count). The molecule has 0 unspecified atom stereocenters. The molecule has 0 atom stereocenters. The zero-order chi connectivity index (χ0) is 17.1. The van der Waals surface area contributed by atoms with Gasteiger partial charge in [0.15, 0.2) is 0 Å². The van der Waals surface area contributed by atoms with Gasteiger partial charge in [0.25, 0.3) is 0 Å². The maximum absolute atomic E-state index is 12.4. The van der Waals surface area contributed by atoms with Gasteiger partial charge in [-0.25, -0.2) is 0 Å². The molecule has 0 fully saturated rings. The highest BCUT2D eigenvalue weighted by Gasteiger charge is 2.18. The molecule has 1 aromatic carbocycles. The summed E-state index contributed by atoms with van der Waals surface area (Å²) < 4.78 is 7.59. The number of hydrogen-bond donors (Lipinski definition) is 0. The van der Waals surface area contributed by atoms with Crippen molar-refractivity contribution in [1.82, 2.24) is 9.78 Å². The second-order valence-corrected chi connectivity index (χ2v) is 6.60. The summed E-state index contributed by atoms with van der Waals surface area (Å²) in [5.41, 5.74) is 4.88. The van der Waals surface area contributed by atoms with Gasteiger partial charge in [-0.3, -0.25) is 9.48 Å². The molecule has 0 aliphatic heterocycles. The Balaban J connectivity index is 2.16. The van der Waals surface area contributed by atoms with E-state index >= 15 is 0 Å². The number of esters is 1. The number of benzene rings is 1. The summed E-state index contributed by atoms with van der Waals surface area (Å²) in [5, 5.41) is 4.55. The van der Waals surface area contributed by atoms with Crippen molar-refractivity contribution in [2.24, 2.45) is 5.92 Å². The number of carbonyl (C=O) groups is 1. The minimum absolute atomic E-state index is 0.238. The van der Waals surface area contributed by atoms with Crippen LogP contribution in [0.15, 0.2) is 18.2 Å². The maximum Gasteiger partial charge on any atom is 0.315 e. The van der Waals surface area contributed by atoms with Crippen LogP contribution in [-0.2, 0) is 17.8 Å². The Labute approximate surface area is 138 Å². The predicted molar refractivity (Wildman–Crippen MR) is 91.8 cm³/mol. The van der Waals surface area contributed by atoms with Crippen LogP contribution < -0.4 is 4.74 Å². The van der Waals surface area contributed by atoms with Gasteiger partial charge in [0.1, 0.15) is 5.75 Å². The third-order valence-electron chi connectivity index (χ3n) is 4.02. The number of aryl methyl sites for hydroxylation is 3. The minimum atomic E-state index is -0.238. The van der Waals surface area contributed by atoms with Crippen molar-refractivity contribution >= 4 is 5.97 Å². The van der Waals surface area contributed by atoms with Crippen LogP contribution in [0.5, 0.6) is 5.75 Å². The van der Waals surface area contributed by atoms with E-state index in [4.69, 9.17) is 4.74 Å². The molecule has 4 nitrogen and oxygen atoms in total. The smallest absolute Gasteiger partial charge is 0.315 e. The van der Waals surface area contributed by atoms with Crippen molar-refractivity contribution in [2.45, 2.75) is 54.5 Å². The Morgan fingerprint density at radius 1 is 1.17 bits per heavy atom. The van der Waals surface area contributed by atoms with Gasteiger partial charge in [0.05, 0.1) is 12.1 Å². The lowest BCUT2D eigenvalue weighted by molar-refractivity contribution is -0.133. The van der Waals surface area contributed by atoms with Gasteiger partial charge in [0, 0.05) is 17.8 Å². The number of rotatable bonds is 5. The van der Waals surface area contributed by atoms with Crippen LogP contribution >= 0.6 is 0 Å². The molecule has 0 radical (unpaired) electrons. The summed E-state index contributed by atoms with van der Waals surface area (Å²) in [4.78, 5) is 12.4. The molecule has 0 spiro atoms. The van der Waals surface area contributed by atoms with E-state index in [2.05, 4.69) is 18.9 Å². The normalized spacial score (nSPS) is 11.1. The fourth-order valence-electron chi connectivity index (χ4n) is 2.77. The van der Waals surface area contributed by atoms with Gasteiger partial charge in [-0.05, 0) is 44.7 Å². The molecular formula is C19H26N2O2. The van der Waals surface area contributed by atoms with Crippen LogP contribution in [0.1, 0.15) is 41.9 Å². The van der Waals surface area contributed by atoms with Crippen LogP contribution in [0, 0.1) is 33.6 Å². The summed E-state index contributed by atoms with van der Waals surface area (Å²) in [6.45, 7) is 13.0. The number of para-hydroxylation sites is 1. The van der Waals surface area contributed by atoms with Crippen LogP contribution in [-0.4, -0.2) is 15.7 Å². The van der Waals surface area contributed by atoms with Crippen LogP contribution in [0.25, 0.3) is 0 Å². The molecule has 0 aliphatic carbocycles. The third-order valence-corrected chi connectivity index (χ3v) is 4.02. The summed E-state index contributed by atoms with van der Waals surface area (Å²) in [6, 6.07) is 5.87. The molecule has 0 aliphatic rings. The van der Waals surface area contributed by atoms with Crippen molar-refractivity contribution in [1.29, 1.82) is 0 Å². The summed E-state index contributed by atoms with van der Waals surface area (Å²) in [7, 11) is 0. The monoisotopic (exact) mass is 314 g/mol. The molecule has 0 N–H and O–H groups in total. The van der Waals surface area contributed by atoms with Crippen molar-refractivity contribution in [3.05, 3.63) is 46.3 Å². The molecule has 0 amide bonds. The first-order valence-electron chi connectivity index (χ1n) is 8.09. The van der Waals surface area contributed by atoms with Crippen molar-refractivity contribution in [3.8, 4) is 5.75 Å². The van der Waals surface area contributed by atoms with E-state index in [0.717, 1.165) is 34.6 Å². The van der Waals surface area contributed by atoms with E-state index in [9.17, 15) is 4.79 Å². The van der Waals surface area contributed by atoms with Gasteiger partial charge in [-0.1, -0.05) is 32.0 Å². The van der Waals surface area contributed by atoms with Crippen LogP contribution in [0.2, 0.25) is 0 Å². The molecule has 0 saturated carbocycles. The van der Waals surface area contributed by atoms with Gasteiger partial charge in [0.2, 0.25) is 0 Å². The van der Waals surface area contributed by atoms with E-state index < -0.39 is 0 Å². The topological polar surface area (TPSA) is 44.1 Å². The second kappa shape index (κ2) is 6.99. The quantitative estimate of drug-likeness (QED) is 0.620. The molecule has 1 heterocycles. The van der Waals surface area contributed by atoms with Crippen molar-refractivity contribution < 1.29 is 9.53 Å². The third kappa shape index (κ3) is 4.01. The van der Waals surface area contributed by atoms with Crippen LogP contribution in [0.4, 0.5) is 0 Å². The van der Waals surface area contributed by atoms with E-state index in [-0.39, 0.29) is 12.4 Å². The fourth-order valence-corrected chi connectivity index (χ4v) is 2.77. The first-order valence-corrected chi connectivity index (χ1v) is 8.09. The number of carbonyl (C=O) groups excluding carboxylic acids is 1. The number of ether oxygens (including phenoxy) is 1. The first-order chi connectivity index (χ1) is 10.8. The van der Waals surface area contributed by atoms with Gasteiger partial charge in [-0.2, -0.15) is 5.10 Å². The molecule has 2 aromatic rings. The fraction of sp³-hybridized carbons (Fsp3) is 0.474. The average Bonchev–Trinajstić information content (AvgIpc) is 2.70. The lowest BCUT2D eigenvalue weighted by atomic mass is 10.1. The molecule has 23 heavy (non-hydrogen) atoms. The zero-order valence-electron chi connectivity index (χ0n) is 14.9. The van der Waals surface area contributed by atoms with E-state index in [1.54, 1.807) is 0 Å². The van der Waals surface area contributed by atoms with Gasteiger partial charge < -0.3 is 4.74 Å². The zero-order valence-corrected chi connectivity index (χ0v) is 14.9. The number of hydrogen-bond acceptors (Lipinski definition) is 3. The highest BCUT2D eigenvalue weighted by atomic mass is 16.5. The summed E-state index contributed by atoms with van der Waals surface area (Å²) in [6.07, 6.45) is 0.254. The van der Waals surface area contributed by atoms with Gasteiger partial charge in [-0.15, -0.1) is 0 Å². The summed E-state index contributed by atoms with van der Waals surface area (Å²) in [5.74, 6) is 0.947. The molecular weight excluding hydrogens is 288 g/mol. The maximum atomic E-state index is 12.4. The SMILES string of the molecule is Cc1cccc(C)c1OC(=O)Cc1c(C)nn(CC(C)C)c1C. The second-order valence-electron chi connectivity index (χ2n) is 6.60. The largest absolute Gasteiger partial charge is 0.426 e. The molecule has 1 aromatic heterocycles. The number of nitrogens with zero attached hydrogens (tertiary/aromatic N) is 2. The molecule has 4 heteroatoms.